The smallest absolute Gasteiger partial charge is 0.326 e. The summed E-state index contributed by atoms with van der Waals surface area (Å²) >= 11 is 0. The summed E-state index contributed by atoms with van der Waals surface area (Å²) in [6.07, 6.45) is 6.87. The van der Waals surface area contributed by atoms with E-state index in [9.17, 15) is 9.00 Å². The molecule has 1 fully saturated rings. The quantitative estimate of drug-likeness (QED) is 0.366. The molecule has 1 rings (SSSR count). The van der Waals surface area contributed by atoms with Gasteiger partial charge >= 0.3 is 5.97 Å². The summed E-state index contributed by atoms with van der Waals surface area (Å²) in [7, 11) is -1.18. The molecule has 22 heavy (non-hydrogen) atoms. The Labute approximate surface area is 138 Å². The van der Waals surface area contributed by atoms with Gasteiger partial charge in [-0.05, 0) is 41.0 Å². The zero-order chi connectivity index (χ0) is 17.0. The highest BCUT2D eigenvalue weighted by atomic mass is 32.2. The number of carbonyl (C=O) groups is 1. The Hall–Kier alpha value is -0.420. The molecule has 1 unspecified atom stereocenters. The monoisotopic (exact) mass is 331 g/mol. The molecule has 0 radical (unpaired) electrons. The van der Waals surface area contributed by atoms with E-state index < -0.39 is 11.0 Å². The number of rotatable bonds is 9. The number of ether oxygens (including phenoxy) is 1. The van der Waals surface area contributed by atoms with Crippen LogP contribution in [0.5, 0.6) is 0 Å². The SMILES string of the molecule is CCCCCCC[C@@]1(C)[C@@H](C(=O)OCC)N1[S@@](=O)C(C)(C)C. The third-order valence-corrected chi connectivity index (χ3v) is 6.29. The van der Waals surface area contributed by atoms with Crippen molar-refractivity contribution < 1.29 is 13.7 Å². The summed E-state index contributed by atoms with van der Waals surface area (Å²) < 4.78 is 19.4. The maximum Gasteiger partial charge on any atom is 0.326 e. The zero-order valence-electron chi connectivity index (χ0n) is 15.1. The minimum Gasteiger partial charge on any atom is -0.465 e. The second-order valence-corrected chi connectivity index (χ2v) is 9.48. The summed E-state index contributed by atoms with van der Waals surface area (Å²) in [5.74, 6) is -0.226. The summed E-state index contributed by atoms with van der Waals surface area (Å²) in [6, 6.07) is -0.348. The lowest BCUT2D eigenvalue weighted by atomic mass is 9.98. The third kappa shape index (κ3) is 4.54. The normalized spacial score (nSPS) is 29.2. The van der Waals surface area contributed by atoms with E-state index in [2.05, 4.69) is 13.8 Å². The first kappa shape index (κ1) is 19.6. The van der Waals surface area contributed by atoms with Gasteiger partial charge in [0.25, 0.3) is 0 Å². The largest absolute Gasteiger partial charge is 0.465 e. The lowest BCUT2D eigenvalue weighted by Gasteiger charge is -2.21. The Morgan fingerprint density at radius 2 is 1.77 bits per heavy atom. The van der Waals surface area contributed by atoms with Gasteiger partial charge in [-0.25, -0.2) is 8.51 Å². The molecule has 0 N–H and O–H groups in total. The molecule has 4 atom stereocenters. The van der Waals surface area contributed by atoms with Crippen LogP contribution in [0, 0.1) is 0 Å². The van der Waals surface area contributed by atoms with Crippen LogP contribution < -0.4 is 0 Å². The van der Waals surface area contributed by atoms with Crippen molar-refractivity contribution in [1.82, 2.24) is 4.31 Å². The summed E-state index contributed by atoms with van der Waals surface area (Å²) in [6.45, 7) is 12.3. The average Bonchev–Trinajstić information content (AvgIpc) is 3.03. The standard InChI is InChI=1S/C17H33NO3S/c1-7-9-10-11-12-13-17(6)14(15(19)21-8-2)18(17)22(20)16(3,4)5/h14H,7-13H2,1-6H3/t14-,17+,18?,22+/m1/s1. The fourth-order valence-corrected chi connectivity index (χ4v) is 4.50. The van der Waals surface area contributed by atoms with Crippen LogP contribution in [0.25, 0.3) is 0 Å². The number of esters is 1. The van der Waals surface area contributed by atoms with E-state index in [0.29, 0.717) is 6.61 Å². The van der Waals surface area contributed by atoms with Gasteiger partial charge in [0.05, 0.1) is 16.9 Å². The van der Waals surface area contributed by atoms with Crippen LogP contribution in [-0.4, -0.2) is 37.4 Å². The fraction of sp³-hybridized carbons (Fsp3) is 0.941. The average molecular weight is 332 g/mol. The van der Waals surface area contributed by atoms with Crippen molar-refractivity contribution in [3.05, 3.63) is 0 Å². The number of hydrogen-bond acceptors (Lipinski definition) is 3. The number of unbranched alkanes of at least 4 members (excludes halogenated alkanes) is 4. The van der Waals surface area contributed by atoms with Gasteiger partial charge in [-0.3, -0.25) is 4.79 Å². The highest BCUT2D eigenvalue weighted by molar-refractivity contribution is 7.84. The van der Waals surface area contributed by atoms with E-state index >= 15 is 0 Å². The molecule has 5 heteroatoms. The zero-order valence-corrected chi connectivity index (χ0v) is 15.9. The van der Waals surface area contributed by atoms with Crippen LogP contribution in [0.1, 0.15) is 80.1 Å². The topological polar surface area (TPSA) is 46.4 Å². The van der Waals surface area contributed by atoms with Gasteiger partial charge in [0.2, 0.25) is 0 Å². The first-order valence-corrected chi connectivity index (χ1v) is 9.68. The van der Waals surface area contributed by atoms with Crippen molar-refractivity contribution in [2.45, 2.75) is 96.4 Å². The van der Waals surface area contributed by atoms with Crippen LogP contribution >= 0.6 is 0 Å². The summed E-state index contributed by atoms with van der Waals surface area (Å²) in [5, 5.41) is 0. The van der Waals surface area contributed by atoms with E-state index in [0.717, 1.165) is 12.8 Å². The van der Waals surface area contributed by atoms with Gasteiger partial charge in [0.1, 0.15) is 17.0 Å². The van der Waals surface area contributed by atoms with Crippen molar-refractivity contribution in [2.24, 2.45) is 0 Å². The first-order chi connectivity index (χ1) is 10.2. The number of nitrogens with zero attached hydrogens (tertiary/aromatic N) is 1. The van der Waals surface area contributed by atoms with Crippen molar-refractivity contribution in [2.75, 3.05) is 6.61 Å². The van der Waals surface area contributed by atoms with Gasteiger partial charge < -0.3 is 4.74 Å². The predicted molar refractivity (Wildman–Crippen MR) is 91.9 cm³/mol. The van der Waals surface area contributed by atoms with Gasteiger partial charge in [-0.15, -0.1) is 0 Å². The van der Waals surface area contributed by atoms with Crippen molar-refractivity contribution in [1.29, 1.82) is 0 Å². The summed E-state index contributed by atoms with van der Waals surface area (Å²) in [4.78, 5) is 12.2. The van der Waals surface area contributed by atoms with Crippen LogP contribution in [0.15, 0.2) is 0 Å². The van der Waals surface area contributed by atoms with Gasteiger partial charge in [0.15, 0.2) is 0 Å². The molecule has 1 heterocycles. The van der Waals surface area contributed by atoms with Crippen LogP contribution in [0.3, 0.4) is 0 Å². The molecule has 1 aliphatic heterocycles. The second-order valence-electron chi connectivity index (χ2n) is 7.36. The lowest BCUT2D eigenvalue weighted by Crippen LogP contribution is -2.31. The van der Waals surface area contributed by atoms with Crippen molar-refractivity contribution >= 4 is 17.0 Å². The lowest BCUT2D eigenvalue weighted by molar-refractivity contribution is -0.143. The Kier molecular flexibility index (Phi) is 7.06. The minimum atomic E-state index is -1.18. The van der Waals surface area contributed by atoms with E-state index in [4.69, 9.17) is 4.74 Å². The van der Waals surface area contributed by atoms with Gasteiger partial charge in [-0.1, -0.05) is 39.0 Å². The molecule has 0 aromatic carbocycles. The summed E-state index contributed by atoms with van der Waals surface area (Å²) in [5.41, 5.74) is -0.309. The third-order valence-electron chi connectivity index (χ3n) is 4.26. The van der Waals surface area contributed by atoms with E-state index in [-0.39, 0.29) is 22.3 Å². The first-order valence-electron chi connectivity index (χ1n) is 8.58. The highest BCUT2D eigenvalue weighted by Gasteiger charge is 2.67. The molecule has 0 aliphatic carbocycles. The molecular formula is C17H33NO3S. The van der Waals surface area contributed by atoms with Gasteiger partial charge in [0, 0.05) is 0 Å². The van der Waals surface area contributed by atoms with Crippen molar-refractivity contribution in [3.8, 4) is 0 Å². The highest BCUT2D eigenvalue weighted by Crippen LogP contribution is 2.49. The van der Waals surface area contributed by atoms with E-state index in [1.54, 1.807) is 0 Å². The Morgan fingerprint density at radius 3 is 2.27 bits per heavy atom. The second kappa shape index (κ2) is 7.91. The fourth-order valence-electron chi connectivity index (χ4n) is 2.88. The Bertz CT molecular complexity index is 405. The molecule has 1 aliphatic rings. The Balaban J connectivity index is 2.71. The van der Waals surface area contributed by atoms with Crippen LogP contribution in [-0.2, 0) is 20.5 Å². The molecule has 1 saturated heterocycles. The number of hydrogen-bond donors (Lipinski definition) is 0. The van der Waals surface area contributed by atoms with Crippen molar-refractivity contribution in [3.63, 3.8) is 0 Å². The molecule has 0 aromatic rings. The molecule has 4 nitrogen and oxygen atoms in total. The predicted octanol–water partition coefficient (Wildman–Crippen LogP) is 3.82. The molecule has 0 amide bonds. The maximum absolute atomic E-state index is 12.7. The van der Waals surface area contributed by atoms with Gasteiger partial charge in [-0.2, -0.15) is 0 Å². The Morgan fingerprint density at radius 1 is 1.18 bits per heavy atom. The molecular weight excluding hydrogens is 298 g/mol. The molecule has 0 aromatic heterocycles. The molecule has 0 saturated carbocycles. The maximum atomic E-state index is 12.7. The van der Waals surface area contributed by atoms with E-state index in [1.165, 1.54) is 25.7 Å². The minimum absolute atomic E-state index is 0.226. The number of carbonyl (C=O) groups excluding carboxylic acids is 1. The van der Waals surface area contributed by atoms with Crippen LogP contribution in [0.2, 0.25) is 0 Å². The van der Waals surface area contributed by atoms with E-state index in [1.807, 2.05) is 32.0 Å². The molecule has 130 valence electrons. The molecule has 0 bridgehead atoms. The van der Waals surface area contributed by atoms with Crippen LogP contribution in [0.4, 0.5) is 0 Å². The molecule has 0 spiro atoms.